The average Bonchev–Trinajstić information content (AvgIpc) is 2.29. The number of carboxylic acid groups (broad SMARTS) is 1. The van der Waals surface area contributed by atoms with Crippen LogP contribution in [0.5, 0.6) is 5.75 Å². The molecular weight excluding hydrogens is 229 g/mol. The second kappa shape index (κ2) is 6.47. The van der Waals surface area contributed by atoms with Crippen molar-refractivity contribution in [2.45, 2.75) is 6.42 Å². The Hall–Kier alpha value is -2.11. The van der Waals surface area contributed by atoms with Gasteiger partial charge in [-0.25, -0.2) is 4.39 Å². The van der Waals surface area contributed by atoms with Gasteiger partial charge < -0.3 is 15.2 Å². The number of amides is 1. The first-order chi connectivity index (χ1) is 8.09. The minimum Gasteiger partial charge on any atom is -0.490 e. The number of benzene rings is 1. The molecule has 0 saturated carbocycles. The number of carboxylic acids is 1. The van der Waals surface area contributed by atoms with Crippen molar-refractivity contribution in [2.24, 2.45) is 0 Å². The predicted octanol–water partition coefficient (Wildman–Crippen LogP) is 0.795. The predicted molar refractivity (Wildman–Crippen MR) is 57.2 cm³/mol. The van der Waals surface area contributed by atoms with Crippen LogP contribution < -0.4 is 10.1 Å². The first kappa shape index (κ1) is 13.0. The number of hydrogen-bond acceptors (Lipinski definition) is 3. The quantitative estimate of drug-likeness (QED) is 0.772. The van der Waals surface area contributed by atoms with Crippen molar-refractivity contribution < 1.29 is 23.8 Å². The van der Waals surface area contributed by atoms with E-state index in [4.69, 9.17) is 9.84 Å². The molecule has 0 bridgehead atoms. The van der Waals surface area contributed by atoms with Gasteiger partial charge in [-0.3, -0.25) is 9.59 Å². The monoisotopic (exact) mass is 241 g/mol. The van der Waals surface area contributed by atoms with E-state index in [1.165, 1.54) is 18.2 Å². The maximum absolute atomic E-state index is 13.1. The Morgan fingerprint density at radius 2 is 2.06 bits per heavy atom. The van der Waals surface area contributed by atoms with Crippen molar-refractivity contribution in [3.63, 3.8) is 0 Å². The van der Waals surface area contributed by atoms with Crippen LogP contribution in [-0.4, -0.2) is 30.1 Å². The summed E-state index contributed by atoms with van der Waals surface area (Å²) in [6.45, 7) is -0.440. The van der Waals surface area contributed by atoms with Crippen molar-refractivity contribution in [1.82, 2.24) is 5.32 Å². The molecule has 0 atom stereocenters. The van der Waals surface area contributed by atoms with Crippen LogP contribution >= 0.6 is 0 Å². The molecule has 1 rings (SSSR count). The molecule has 92 valence electrons. The molecule has 2 N–H and O–H groups in total. The van der Waals surface area contributed by atoms with E-state index in [0.29, 0.717) is 0 Å². The van der Waals surface area contributed by atoms with Crippen LogP contribution in [-0.2, 0) is 9.59 Å². The highest BCUT2D eigenvalue weighted by atomic mass is 19.1. The van der Waals surface area contributed by atoms with E-state index in [2.05, 4.69) is 5.32 Å². The number of ether oxygens (including phenoxy) is 1. The fourth-order valence-electron chi connectivity index (χ4n) is 1.08. The zero-order valence-corrected chi connectivity index (χ0v) is 8.98. The number of carbonyl (C=O) groups is 2. The molecule has 1 amide bonds. The van der Waals surface area contributed by atoms with E-state index in [1.54, 1.807) is 6.07 Å². The second-order valence-electron chi connectivity index (χ2n) is 3.20. The van der Waals surface area contributed by atoms with Gasteiger partial charge in [0, 0.05) is 0 Å². The van der Waals surface area contributed by atoms with Gasteiger partial charge in [0.1, 0.15) is 6.54 Å². The van der Waals surface area contributed by atoms with E-state index < -0.39 is 24.2 Å². The van der Waals surface area contributed by atoms with Crippen molar-refractivity contribution in [3.8, 4) is 5.75 Å². The van der Waals surface area contributed by atoms with Crippen LogP contribution in [0.15, 0.2) is 24.3 Å². The number of nitrogens with one attached hydrogen (secondary N) is 1. The molecule has 1 aromatic carbocycles. The first-order valence-corrected chi connectivity index (χ1v) is 4.95. The molecule has 1 aromatic rings. The van der Waals surface area contributed by atoms with Gasteiger partial charge in [-0.15, -0.1) is 0 Å². The Bertz CT molecular complexity index is 408. The standard InChI is InChI=1S/C11H12FNO4/c12-8-3-1-2-4-9(8)17-6-5-10(14)13-7-11(15)16/h1-4H,5-7H2,(H,13,14)(H,15,16). The van der Waals surface area contributed by atoms with Crippen molar-refractivity contribution in [1.29, 1.82) is 0 Å². The Labute approximate surface area is 97.2 Å². The third-order valence-electron chi connectivity index (χ3n) is 1.86. The molecule has 0 aliphatic rings. The van der Waals surface area contributed by atoms with Gasteiger partial charge in [0.15, 0.2) is 11.6 Å². The number of para-hydroxylation sites is 1. The van der Waals surface area contributed by atoms with Gasteiger partial charge in [-0.1, -0.05) is 12.1 Å². The Kier molecular flexibility index (Phi) is 4.93. The number of aliphatic carboxylic acids is 1. The summed E-state index contributed by atoms with van der Waals surface area (Å²) in [5, 5.41) is 10.5. The summed E-state index contributed by atoms with van der Waals surface area (Å²) in [7, 11) is 0. The number of carbonyl (C=O) groups excluding carboxylic acids is 1. The Balaban J connectivity index is 2.26. The summed E-state index contributed by atoms with van der Waals surface area (Å²) >= 11 is 0. The van der Waals surface area contributed by atoms with Gasteiger partial charge in [0.05, 0.1) is 13.0 Å². The molecule has 5 nitrogen and oxygen atoms in total. The summed E-state index contributed by atoms with van der Waals surface area (Å²) in [4.78, 5) is 21.2. The fourth-order valence-corrected chi connectivity index (χ4v) is 1.08. The zero-order chi connectivity index (χ0) is 12.7. The highest BCUT2D eigenvalue weighted by Gasteiger charge is 2.05. The van der Waals surface area contributed by atoms with Crippen LogP contribution in [0.3, 0.4) is 0 Å². The number of hydrogen-bond donors (Lipinski definition) is 2. The summed E-state index contributed by atoms with van der Waals surface area (Å²) in [5.41, 5.74) is 0. The first-order valence-electron chi connectivity index (χ1n) is 4.95. The van der Waals surface area contributed by atoms with Gasteiger partial charge in [-0.2, -0.15) is 0 Å². The van der Waals surface area contributed by atoms with E-state index in [1.807, 2.05) is 0 Å². The average molecular weight is 241 g/mol. The molecule has 0 aromatic heterocycles. The highest BCUT2D eigenvalue weighted by molar-refractivity contribution is 5.81. The van der Waals surface area contributed by atoms with Crippen molar-refractivity contribution in [2.75, 3.05) is 13.2 Å². The van der Waals surface area contributed by atoms with Crippen LogP contribution in [0, 0.1) is 5.82 Å². The smallest absolute Gasteiger partial charge is 0.322 e. The fraction of sp³-hybridized carbons (Fsp3) is 0.273. The molecule has 0 radical (unpaired) electrons. The zero-order valence-electron chi connectivity index (χ0n) is 8.98. The minimum absolute atomic E-state index is 0.00755. The maximum atomic E-state index is 13.1. The summed E-state index contributed by atoms with van der Waals surface area (Å²) in [5.74, 6) is -2.01. The molecule has 17 heavy (non-hydrogen) atoms. The number of halogens is 1. The van der Waals surface area contributed by atoms with E-state index in [-0.39, 0.29) is 18.8 Å². The highest BCUT2D eigenvalue weighted by Crippen LogP contribution is 2.15. The lowest BCUT2D eigenvalue weighted by Gasteiger charge is -2.06. The largest absolute Gasteiger partial charge is 0.490 e. The SMILES string of the molecule is O=C(O)CNC(=O)CCOc1ccccc1F. The van der Waals surface area contributed by atoms with E-state index in [0.717, 1.165) is 0 Å². The van der Waals surface area contributed by atoms with Gasteiger partial charge in [0.25, 0.3) is 0 Å². The normalized spacial score (nSPS) is 9.71. The minimum atomic E-state index is -1.12. The Morgan fingerprint density at radius 3 is 2.71 bits per heavy atom. The second-order valence-corrected chi connectivity index (χ2v) is 3.20. The molecule has 0 saturated heterocycles. The molecule has 0 unspecified atom stereocenters. The third-order valence-corrected chi connectivity index (χ3v) is 1.86. The Morgan fingerprint density at radius 1 is 1.35 bits per heavy atom. The van der Waals surface area contributed by atoms with Crippen LogP contribution in [0.4, 0.5) is 4.39 Å². The summed E-state index contributed by atoms with van der Waals surface area (Å²) in [6.07, 6.45) is -0.0262. The lowest BCUT2D eigenvalue weighted by molar-refractivity contribution is -0.138. The lowest BCUT2D eigenvalue weighted by Crippen LogP contribution is -2.30. The van der Waals surface area contributed by atoms with Crippen LogP contribution in [0.25, 0.3) is 0 Å². The van der Waals surface area contributed by atoms with Crippen molar-refractivity contribution >= 4 is 11.9 Å². The van der Waals surface area contributed by atoms with Gasteiger partial charge >= 0.3 is 5.97 Å². The molecule has 0 heterocycles. The number of rotatable bonds is 6. The molecule has 0 spiro atoms. The van der Waals surface area contributed by atoms with Gasteiger partial charge in [-0.05, 0) is 12.1 Å². The third kappa shape index (κ3) is 4.96. The molecule has 6 heteroatoms. The maximum Gasteiger partial charge on any atom is 0.322 e. The molecular formula is C11H12FNO4. The summed E-state index contributed by atoms with van der Waals surface area (Å²) < 4.78 is 18.1. The van der Waals surface area contributed by atoms with E-state index in [9.17, 15) is 14.0 Å². The van der Waals surface area contributed by atoms with E-state index >= 15 is 0 Å². The molecule has 0 fully saturated rings. The van der Waals surface area contributed by atoms with Crippen LogP contribution in [0.2, 0.25) is 0 Å². The molecule has 0 aliphatic carbocycles. The van der Waals surface area contributed by atoms with Gasteiger partial charge in [0.2, 0.25) is 5.91 Å². The molecule has 0 aliphatic heterocycles. The summed E-state index contributed by atoms with van der Waals surface area (Å²) in [6, 6.07) is 5.84. The lowest BCUT2D eigenvalue weighted by atomic mass is 10.3. The van der Waals surface area contributed by atoms with Crippen molar-refractivity contribution in [3.05, 3.63) is 30.1 Å². The van der Waals surface area contributed by atoms with Crippen LogP contribution in [0.1, 0.15) is 6.42 Å². The topological polar surface area (TPSA) is 75.6 Å².